The normalized spacial score (nSPS) is 18.6. The summed E-state index contributed by atoms with van der Waals surface area (Å²) in [4.78, 5) is 4.40. The van der Waals surface area contributed by atoms with E-state index in [-0.39, 0.29) is 5.54 Å². The van der Waals surface area contributed by atoms with E-state index in [4.69, 9.17) is 4.52 Å². The van der Waals surface area contributed by atoms with Gasteiger partial charge in [0.2, 0.25) is 11.7 Å². The van der Waals surface area contributed by atoms with Gasteiger partial charge in [-0.1, -0.05) is 24.4 Å². The number of aromatic amines is 1. The van der Waals surface area contributed by atoms with E-state index in [1.54, 1.807) is 6.20 Å². The van der Waals surface area contributed by atoms with Crippen LogP contribution in [0.1, 0.15) is 38.0 Å². The molecule has 0 radical (unpaired) electrons. The Kier molecular flexibility index (Phi) is 3.29. The maximum absolute atomic E-state index is 5.34. The molecule has 2 heterocycles. The first kappa shape index (κ1) is 12.3. The first-order valence-corrected chi connectivity index (χ1v) is 6.69. The second kappa shape index (κ2) is 5.08. The van der Waals surface area contributed by atoms with Crippen LogP contribution in [0.5, 0.6) is 0 Å². The van der Waals surface area contributed by atoms with E-state index >= 15 is 0 Å². The number of H-pyrrole nitrogens is 1. The molecule has 0 amide bonds. The number of rotatable bonds is 4. The summed E-state index contributed by atoms with van der Waals surface area (Å²) < 4.78 is 5.34. The van der Waals surface area contributed by atoms with E-state index in [1.165, 1.54) is 19.3 Å². The fraction of sp³-hybridized carbons (Fsp3) is 0.667. The second-order valence-corrected chi connectivity index (χ2v) is 5.13. The average Bonchev–Trinajstić information content (AvgIpc) is 3.10. The van der Waals surface area contributed by atoms with Gasteiger partial charge >= 0.3 is 0 Å². The van der Waals surface area contributed by atoms with E-state index in [9.17, 15) is 0 Å². The molecule has 1 saturated carbocycles. The fourth-order valence-electron chi connectivity index (χ4n) is 2.77. The summed E-state index contributed by atoms with van der Waals surface area (Å²) in [6, 6.07) is 0. The predicted octanol–water partition coefficient (Wildman–Crippen LogP) is 1.32. The summed E-state index contributed by atoms with van der Waals surface area (Å²) in [7, 11) is 2.01. The van der Waals surface area contributed by atoms with Crippen LogP contribution >= 0.6 is 0 Å². The molecule has 1 aliphatic carbocycles. The van der Waals surface area contributed by atoms with Crippen molar-refractivity contribution < 1.29 is 4.52 Å². The zero-order valence-corrected chi connectivity index (χ0v) is 11.0. The average molecular weight is 262 g/mol. The van der Waals surface area contributed by atoms with Crippen LogP contribution in [0, 0.1) is 0 Å². The van der Waals surface area contributed by atoms with Crippen LogP contribution < -0.4 is 5.32 Å². The molecule has 0 atom stereocenters. The van der Waals surface area contributed by atoms with E-state index in [0.717, 1.165) is 19.3 Å². The van der Waals surface area contributed by atoms with Crippen molar-refractivity contribution in [1.82, 2.24) is 30.9 Å². The third-order valence-corrected chi connectivity index (χ3v) is 3.94. The van der Waals surface area contributed by atoms with Gasteiger partial charge in [-0.05, 0) is 19.9 Å². The molecule has 1 aliphatic rings. The Hall–Kier alpha value is -1.76. The Morgan fingerprint density at radius 2 is 2.21 bits per heavy atom. The highest BCUT2D eigenvalue weighted by Gasteiger charge is 2.32. The maximum Gasteiger partial charge on any atom is 0.228 e. The van der Waals surface area contributed by atoms with E-state index in [2.05, 4.69) is 30.9 Å². The van der Waals surface area contributed by atoms with Crippen molar-refractivity contribution in [3.05, 3.63) is 12.1 Å². The second-order valence-electron chi connectivity index (χ2n) is 5.13. The number of nitrogens with one attached hydrogen (secondary N) is 2. The molecule has 2 aromatic rings. The smallest absolute Gasteiger partial charge is 0.228 e. The number of nitrogens with zero attached hydrogens (tertiary/aromatic N) is 4. The molecule has 1 fully saturated rings. The minimum absolute atomic E-state index is 0.103. The standard InChI is InChI=1S/C12H18N6O/c1-13-12(5-3-2-4-6-12)7-10-15-11(17-19-10)9-8-14-18-16-9/h8,13H,2-7H2,1H3,(H,14,16,18). The predicted molar refractivity (Wildman–Crippen MR) is 68.3 cm³/mol. The first-order valence-electron chi connectivity index (χ1n) is 6.69. The van der Waals surface area contributed by atoms with Crippen LogP contribution in [0.15, 0.2) is 10.7 Å². The molecule has 2 N–H and O–H groups in total. The molecule has 0 unspecified atom stereocenters. The highest BCUT2D eigenvalue weighted by molar-refractivity contribution is 5.44. The Balaban J connectivity index is 1.76. The van der Waals surface area contributed by atoms with Gasteiger partial charge in [0, 0.05) is 12.0 Å². The number of aromatic nitrogens is 5. The molecular weight excluding hydrogens is 244 g/mol. The summed E-state index contributed by atoms with van der Waals surface area (Å²) in [5.74, 6) is 1.15. The van der Waals surface area contributed by atoms with Gasteiger partial charge in [-0.25, -0.2) is 0 Å². The largest absolute Gasteiger partial charge is 0.339 e. The van der Waals surface area contributed by atoms with Crippen molar-refractivity contribution in [2.24, 2.45) is 0 Å². The summed E-state index contributed by atoms with van der Waals surface area (Å²) in [6.45, 7) is 0. The number of likely N-dealkylation sites (N-methyl/N-ethyl adjacent to an activating group) is 1. The monoisotopic (exact) mass is 262 g/mol. The fourth-order valence-corrected chi connectivity index (χ4v) is 2.77. The van der Waals surface area contributed by atoms with Crippen molar-refractivity contribution >= 4 is 0 Å². The molecule has 0 spiro atoms. The summed E-state index contributed by atoms with van der Waals surface area (Å²) in [5.41, 5.74) is 0.712. The van der Waals surface area contributed by atoms with Crippen molar-refractivity contribution in [2.45, 2.75) is 44.1 Å². The highest BCUT2D eigenvalue weighted by atomic mass is 16.5. The molecule has 0 aliphatic heterocycles. The van der Waals surface area contributed by atoms with Crippen molar-refractivity contribution in [1.29, 1.82) is 0 Å². The van der Waals surface area contributed by atoms with Gasteiger partial charge in [0.1, 0.15) is 0 Å². The molecule has 7 heteroatoms. The van der Waals surface area contributed by atoms with Crippen LogP contribution in [0.4, 0.5) is 0 Å². The molecule has 0 bridgehead atoms. The molecule has 3 rings (SSSR count). The van der Waals surface area contributed by atoms with E-state index in [1.807, 2.05) is 7.05 Å². The molecular formula is C12H18N6O. The van der Waals surface area contributed by atoms with Gasteiger partial charge in [0.15, 0.2) is 5.69 Å². The number of hydrogen-bond donors (Lipinski definition) is 2. The lowest BCUT2D eigenvalue weighted by Gasteiger charge is -2.36. The van der Waals surface area contributed by atoms with Gasteiger partial charge in [-0.15, -0.1) is 0 Å². The van der Waals surface area contributed by atoms with Gasteiger partial charge < -0.3 is 9.84 Å². The molecule has 19 heavy (non-hydrogen) atoms. The quantitative estimate of drug-likeness (QED) is 0.863. The third kappa shape index (κ3) is 2.51. The zero-order valence-electron chi connectivity index (χ0n) is 11.0. The Labute approximate surface area is 111 Å². The molecule has 7 nitrogen and oxygen atoms in total. The summed E-state index contributed by atoms with van der Waals surface area (Å²) in [5, 5.41) is 17.6. The molecule has 0 saturated heterocycles. The molecule has 0 aromatic carbocycles. The minimum Gasteiger partial charge on any atom is -0.339 e. The topological polar surface area (TPSA) is 92.5 Å². The Bertz CT molecular complexity index is 514. The van der Waals surface area contributed by atoms with Crippen LogP contribution in [-0.2, 0) is 6.42 Å². The number of hydrogen-bond acceptors (Lipinski definition) is 6. The summed E-state index contributed by atoms with van der Waals surface area (Å²) in [6.07, 6.45) is 8.50. The van der Waals surface area contributed by atoms with E-state index in [0.29, 0.717) is 17.4 Å². The maximum atomic E-state index is 5.34. The van der Waals surface area contributed by atoms with Crippen molar-refractivity contribution in [2.75, 3.05) is 7.05 Å². The molecule has 2 aromatic heterocycles. The zero-order chi connectivity index (χ0) is 13.1. The summed E-state index contributed by atoms with van der Waals surface area (Å²) >= 11 is 0. The lowest BCUT2D eigenvalue weighted by atomic mass is 9.79. The van der Waals surface area contributed by atoms with Crippen molar-refractivity contribution in [3.8, 4) is 11.5 Å². The van der Waals surface area contributed by atoms with Crippen molar-refractivity contribution in [3.63, 3.8) is 0 Å². The lowest BCUT2D eigenvalue weighted by molar-refractivity contribution is 0.221. The highest BCUT2D eigenvalue weighted by Crippen LogP contribution is 2.30. The third-order valence-electron chi connectivity index (χ3n) is 3.94. The van der Waals surface area contributed by atoms with Crippen LogP contribution in [-0.4, -0.2) is 38.1 Å². The lowest BCUT2D eigenvalue weighted by Crippen LogP contribution is -2.46. The van der Waals surface area contributed by atoms with Crippen LogP contribution in [0.2, 0.25) is 0 Å². The van der Waals surface area contributed by atoms with Gasteiger partial charge in [-0.2, -0.15) is 20.4 Å². The minimum atomic E-state index is 0.103. The Morgan fingerprint density at radius 1 is 1.37 bits per heavy atom. The van der Waals surface area contributed by atoms with Crippen LogP contribution in [0.3, 0.4) is 0 Å². The first-order chi connectivity index (χ1) is 9.31. The van der Waals surface area contributed by atoms with Crippen LogP contribution in [0.25, 0.3) is 11.5 Å². The molecule has 102 valence electrons. The van der Waals surface area contributed by atoms with E-state index < -0.39 is 0 Å². The SMILES string of the molecule is CNC1(Cc2nc(-c3cn[nH]n3)no2)CCCCC1. The van der Waals surface area contributed by atoms with Gasteiger partial charge in [-0.3, -0.25) is 0 Å². The van der Waals surface area contributed by atoms with Gasteiger partial charge in [0.05, 0.1) is 6.20 Å². The van der Waals surface area contributed by atoms with Gasteiger partial charge in [0.25, 0.3) is 0 Å². The Morgan fingerprint density at radius 3 is 2.89 bits per heavy atom.